The van der Waals surface area contributed by atoms with Gasteiger partial charge >= 0.3 is 0 Å². The van der Waals surface area contributed by atoms with Crippen LogP contribution in [-0.2, 0) is 9.59 Å². The second-order valence-electron chi connectivity index (χ2n) is 14.2. The molecule has 6 nitrogen and oxygen atoms in total. The van der Waals surface area contributed by atoms with Crippen LogP contribution < -0.4 is 5.73 Å². The summed E-state index contributed by atoms with van der Waals surface area (Å²) in [5.41, 5.74) is 1.67. The molecular weight excluding hydrogens is 440 g/mol. The Kier molecular flexibility index (Phi) is 8.09. The van der Waals surface area contributed by atoms with Crippen LogP contribution in [0.2, 0.25) is 0 Å². The minimum Gasteiger partial charge on any atom is -0.388 e. The molecule has 3 saturated carbocycles. The Labute approximate surface area is 213 Å². The first-order valence-corrected chi connectivity index (χ1v) is 14.2. The Balaban J connectivity index is 2.28. The predicted octanol–water partition coefficient (Wildman–Crippen LogP) is 5.08. The predicted molar refractivity (Wildman–Crippen MR) is 139 cm³/mol. The zero-order valence-electron chi connectivity index (χ0n) is 23.3. The van der Waals surface area contributed by atoms with Crippen LogP contribution in [0.1, 0.15) is 131 Å². The lowest BCUT2D eigenvalue weighted by atomic mass is 9.63. The largest absolute Gasteiger partial charge is 0.388 e. The lowest BCUT2D eigenvalue weighted by Gasteiger charge is -2.60. The Morgan fingerprint density at radius 2 is 0.971 bits per heavy atom. The molecule has 35 heavy (non-hydrogen) atoms. The number of hydrogen-bond acceptors (Lipinski definition) is 4. The minimum absolute atomic E-state index is 0.264. The van der Waals surface area contributed by atoms with Gasteiger partial charge in [-0.05, 0) is 49.4 Å². The van der Waals surface area contributed by atoms with Crippen molar-refractivity contribution >= 4 is 11.8 Å². The van der Waals surface area contributed by atoms with Crippen LogP contribution in [0.4, 0.5) is 0 Å². The highest BCUT2D eigenvalue weighted by molar-refractivity contribution is 6.05. The molecule has 6 heteroatoms. The number of hydrogen-bond donors (Lipinski definition) is 3. The Bertz CT molecular complexity index is 719. The van der Waals surface area contributed by atoms with Gasteiger partial charge in [-0.1, -0.05) is 92.9 Å². The average Bonchev–Trinajstić information content (AvgIpc) is 3.23. The summed E-state index contributed by atoms with van der Waals surface area (Å²) in [6.07, 6.45) is 10.8. The third kappa shape index (κ3) is 5.44. The van der Waals surface area contributed by atoms with Gasteiger partial charge in [-0.15, -0.1) is 0 Å². The number of primary amides is 1. The van der Waals surface area contributed by atoms with Gasteiger partial charge in [0.25, 0.3) is 0 Å². The molecule has 0 aromatic carbocycles. The molecule has 0 aromatic heterocycles. The van der Waals surface area contributed by atoms with E-state index in [1.54, 1.807) is 0 Å². The van der Waals surface area contributed by atoms with E-state index >= 15 is 0 Å². The lowest BCUT2D eigenvalue weighted by molar-refractivity contribution is -0.198. The molecule has 0 bridgehead atoms. The van der Waals surface area contributed by atoms with Gasteiger partial charge in [0.1, 0.15) is 5.41 Å². The SMILES string of the molecule is CC(C)(C)C(N(C(=O)C1(C(N)=O)CCCC1)C(C(C)(C)C)C1(O)CCCCC1)C1(O)CCCCC1. The second-order valence-corrected chi connectivity index (χ2v) is 14.2. The smallest absolute Gasteiger partial charge is 0.238 e. The number of carbonyl (C=O) groups is 2. The van der Waals surface area contributed by atoms with Gasteiger partial charge in [0.15, 0.2) is 0 Å². The highest BCUT2D eigenvalue weighted by atomic mass is 16.3. The topological polar surface area (TPSA) is 104 Å². The maximum absolute atomic E-state index is 14.9. The summed E-state index contributed by atoms with van der Waals surface area (Å²) in [6, 6.07) is -1.07. The average molecular weight is 493 g/mol. The molecule has 0 aromatic rings. The molecule has 0 spiro atoms. The van der Waals surface area contributed by atoms with Crippen molar-refractivity contribution in [2.24, 2.45) is 22.0 Å². The van der Waals surface area contributed by atoms with Gasteiger partial charge in [-0.2, -0.15) is 0 Å². The van der Waals surface area contributed by atoms with Crippen molar-refractivity contribution < 1.29 is 19.8 Å². The number of nitrogens with two attached hydrogens (primary N) is 1. The summed E-state index contributed by atoms with van der Waals surface area (Å²) >= 11 is 0. The van der Waals surface area contributed by atoms with E-state index in [2.05, 4.69) is 41.5 Å². The van der Waals surface area contributed by atoms with Crippen LogP contribution in [0, 0.1) is 16.2 Å². The zero-order valence-corrected chi connectivity index (χ0v) is 23.3. The number of amides is 2. The molecule has 3 fully saturated rings. The second kappa shape index (κ2) is 9.96. The molecule has 2 amide bonds. The highest BCUT2D eigenvalue weighted by Gasteiger charge is 2.61. The molecule has 3 rings (SSSR count). The number of rotatable bonds is 6. The van der Waals surface area contributed by atoms with Gasteiger partial charge in [0.05, 0.1) is 23.3 Å². The van der Waals surface area contributed by atoms with Crippen molar-refractivity contribution in [3.05, 3.63) is 0 Å². The van der Waals surface area contributed by atoms with E-state index in [0.29, 0.717) is 38.5 Å². The summed E-state index contributed by atoms with van der Waals surface area (Å²) in [5, 5.41) is 24.5. The molecule has 3 aliphatic rings. The summed E-state index contributed by atoms with van der Waals surface area (Å²) < 4.78 is 0. The maximum atomic E-state index is 14.9. The third-order valence-electron chi connectivity index (χ3n) is 9.23. The molecule has 0 radical (unpaired) electrons. The van der Waals surface area contributed by atoms with Crippen molar-refractivity contribution in [2.45, 2.75) is 155 Å². The fourth-order valence-corrected chi connectivity index (χ4v) is 8.01. The fourth-order valence-electron chi connectivity index (χ4n) is 8.01. The summed E-state index contributed by atoms with van der Waals surface area (Å²) in [5.74, 6) is -0.822. The van der Waals surface area contributed by atoms with Crippen LogP contribution in [0.3, 0.4) is 0 Å². The number of aliphatic hydroxyl groups is 2. The monoisotopic (exact) mass is 492 g/mol. The maximum Gasteiger partial charge on any atom is 0.238 e. The third-order valence-corrected chi connectivity index (χ3v) is 9.23. The first-order valence-electron chi connectivity index (χ1n) is 14.2. The summed E-state index contributed by atoms with van der Waals surface area (Å²) in [7, 11) is 0. The van der Waals surface area contributed by atoms with Crippen LogP contribution in [0.5, 0.6) is 0 Å². The van der Waals surface area contributed by atoms with E-state index in [-0.39, 0.29) is 5.91 Å². The normalized spacial score (nSPS) is 26.1. The van der Waals surface area contributed by atoms with E-state index < -0.39 is 45.4 Å². The number of carbonyl (C=O) groups excluding carboxylic acids is 2. The molecule has 0 saturated heterocycles. The Morgan fingerprint density at radius 1 is 0.657 bits per heavy atom. The molecule has 0 aliphatic heterocycles. The van der Waals surface area contributed by atoms with E-state index in [1.165, 1.54) is 0 Å². The molecule has 3 aliphatic carbocycles. The van der Waals surface area contributed by atoms with Gasteiger partial charge < -0.3 is 20.8 Å². The molecule has 2 unspecified atom stereocenters. The summed E-state index contributed by atoms with van der Waals surface area (Å²) in [4.78, 5) is 29.7. The Hall–Kier alpha value is -1.14. The van der Waals surface area contributed by atoms with E-state index in [1.807, 2.05) is 4.90 Å². The van der Waals surface area contributed by atoms with Gasteiger partial charge in [-0.3, -0.25) is 9.59 Å². The van der Waals surface area contributed by atoms with Crippen molar-refractivity contribution in [1.29, 1.82) is 0 Å². The first kappa shape index (κ1) is 28.4. The quantitative estimate of drug-likeness (QED) is 0.450. The lowest BCUT2D eigenvalue weighted by Crippen LogP contribution is -2.72. The van der Waals surface area contributed by atoms with Crippen molar-refractivity contribution in [3.63, 3.8) is 0 Å². The van der Waals surface area contributed by atoms with Crippen LogP contribution >= 0.6 is 0 Å². The van der Waals surface area contributed by atoms with E-state index in [0.717, 1.165) is 51.4 Å². The number of nitrogens with zero attached hydrogens (tertiary/aromatic N) is 1. The van der Waals surface area contributed by atoms with Crippen LogP contribution in [0.15, 0.2) is 0 Å². The van der Waals surface area contributed by atoms with Gasteiger partial charge in [0.2, 0.25) is 11.8 Å². The fraction of sp³-hybridized carbons (Fsp3) is 0.931. The molecule has 0 heterocycles. The van der Waals surface area contributed by atoms with E-state index in [4.69, 9.17) is 5.73 Å². The molecule has 4 N–H and O–H groups in total. The van der Waals surface area contributed by atoms with E-state index in [9.17, 15) is 19.8 Å². The standard InChI is InChI=1S/C29H52N2O4/c1-25(2,3)21(28(34)17-9-7-10-18-28)31(24(33)27(23(30)32)15-13-14-16-27)22(26(4,5)6)29(35)19-11-8-12-20-29/h21-22,34-35H,7-20H2,1-6H3,(H2,30,32). The molecule has 202 valence electrons. The van der Waals surface area contributed by atoms with Gasteiger partial charge in [-0.25, -0.2) is 0 Å². The molecular formula is C29H52N2O4. The van der Waals surface area contributed by atoms with Crippen molar-refractivity contribution in [2.75, 3.05) is 0 Å². The highest BCUT2D eigenvalue weighted by Crippen LogP contribution is 2.51. The van der Waals surface area contributed by atoms with Crippen LogP contribution in [0.25, 0.3) is 0 Å². The Morgan fingerprint density at radius 3 is 1.26 bits per heavy atom. The van der Waals surface area contributed by atoms with Crippen molar-refractivity contribution in [3.8, 4) is 0 Å². The first-order chi connectivity index (χ1) is 16.1. The van der Waals surface area contributed by atoms with Crippen molar-refractivity contribution in [1.82, 2.24) is 4.90 Å². The van der Waals surface area contributed by atoms with Crippen LogP contribution in [-0.4, -0.2) is 50.2 Å². The summed E-state index contributed by atoms with van der Waals surface area (Å²) in [6.45, 7) is 12.5. The minimum atomic E-state index is -1.26. The van der Waals surface area contributed by atoms with Gasteiger partial charge in [0, 0.05) is 0 Å². The zero-order chi connectivity index (χ0) is 26.3. The molecule has 2 atom stereocenters.